The van der Waals surface area contributed by atoms with Crippen molar-refractivity contribution < 1.29 is 37.7 Å². The van der Waals surface area contributed by atoms with Crippen LogP contribution in [0.25, 0.3) is 10.9 Å². The van der Waals surface area contributed by atoms with Crippen LogP contribution in [0.2, 0.25) is 0 Å². The molecule has 246 valence electrons. The van der Waals surface area contributed by atoms with Gasteiger partial charge in [-0.3, -0.25) is 25.0 Å². The number of rotatable bonds is 10. The number of aromatic nitrogens is 1. The molecule has 1 unspecified atom stereocenters. The van der Waals surface area contributed by atoms with Gasteiger partial charge in [-0.05, 0) is 37.8 Å². The zero-order valence-corrected chi connectivity index (χ0v) is 25.7. The Bertz CT molecular complexity index is 1670. The Morgan fingerprint density at radius 2 is 1.59 bits per heavy atom. The highest BCUT2D eigenvalue weighted by atomic mass is 19.4. The summed E-state index contributed by atoms with van der Waals surface area (Å²) in [5.74, 6) is -1.15. The molecule has 0 bridgehead atoms. The molecule has 16 heteroatoms. The summed E-state index contributed by atoms with van der Waals surface area (Å²) >= 11 is 0. The number of nitrogens with zero attached hydrogens (tertiary/aromatic N) is 5. The smallest absolute Gasteiger partial charge is 0.416 e. The van der Waals surface area contributed by atoms with E-state index in [1.54, 1.807) is 39.0 Å². The van der Waals surface area contributed by atoms with E-state index in [1.807, 2.05) is 26.0 Å². The standard InChI is InChI=1S/C17H17N3O3.C13H16F3N3O4/c1-9(2)17(3)16(23)19-14(20-17)13-11(15(21)22)8-10-6-4-5-7-12(10)18-13;1-3-5-17(6-4-2)12-10(18(20)21)7-9(13(14,15)16)8-11(12)19(22)23/h4-9H,1-3H3,(H,21,22)(H,19,20,23);7-8H,3-6H2,1-2H3. The van der Waals surface area contributed by atoms with Gasteiger partial charge < -0.3 is 15.3 Å². The van der Waals surface area contributed by atoms with Gasteiger partial charge in [-0.25, -0.2) is 14.8 Å². The van der Waals surface area contributed by atoms with Crippen molar-refractivity contribution in [3.8, 4) is 0 Å². The molecule has 4 rings (SSSR count). The number of hydrogen-bond donors (Lipinski definition) is 2. The molecule has 13 nitrogen and oxygen atoms in total. The number of nitro groups is 2. The van der Waals surface area contributed by atoms with Crippen LogP contribution in [0.1, 0.15) is 69.1 Å². The number of carboxylic acid groups (broad SMARTS) is 1. The van der Waals surface area contributed by atoms with Gasteiger partial charge in [0.25, 0.3) is 17.3 Å². The summed E-state index contributed by atoms with van der Waals surface area (Å²) in [6.07, 6.45) is -3.83. The SMILES string of the molecule is CC(C)C1(C)N=C(c2nc3ccccc3cc2C(=O)O)NC1=O.CCCN(CCC)c1c([N+](=O)[O-])cc(C(F)(F)F)cc1[N+](=O)[O-]. The number of amidine groups is 1. The Balaban J connectivity index is 0.000000250. The summed E-state index contributed by atoms with van der Waals surface area (Å²) in [7, 11) is 0. The van der Waals surface area contributed by atoms with Gasteiger partial charge in [-0.15, -0.1) is 0 Å². The molecule has 0 saturated heterocycles. The molecule has 1 atom stereocenters. The minimum absolute atomic E-state index is 0.0197. The van der Waals surface area contributed by atoms with E-state index in [2.05, 4.69) is 15.3 Å². The van der Waals surface area contributed by atoms with Crippen molar-refractivity contribution in [3.63, 3.8) is 0 Å². The molecule has 1 aliphatic rings. The molecule has 2 N–H and O–H groups in total. The Morgan fingerprint density at radius 1 is 1.04 bits per heavy atom. The first kappa shape index (κ1) is 35.3. The molecular weight excluding hydrogens is 613 g/mol. The number of carboxylic acids is 1. The van der Waals surface area contributed by atoms with Crippen molar-refractivity contribution in [2.75, 3.05) is 18.0 Å². The second-order valence-corrected chi connectivity index (χ2v) is 11.0. The Hall–Kier alpha value is -5.15. The van der Waals surface area contributed by atoms with Crippen molar-refractivity contribution in [3.05, 3.63) is 79.5 Å². The highest BCUT2D eigenvalue weighted by Crippen LogP contribution is 2.43. The van der Waals surface area contributed by atoms with Crippen LogP contribution >= 0.6 is 0 Å². The number of nitro benzene ring substituents is 2. The van der Waals surface area contributed by atoms with E-state index in [1.165, 1.54) is 4.90 Å². The van der Waals surface area contributed by atoms with Crippen LogP contribution in [0.4, 0.5) is 30.2 Å². The summed E-state index contributed by atoms with van der Waals surface area (Å²) in [6, 6.07) is 9.49. The lowest BCUT2D eigenvalue weighted by atomic mass is 9.89. The zero-order chi connectivity index (χ0) is 34.6. The van der Waals surface area contributed by atoms with E-state index in [0.717, 1.165) is 5.39 Å². The normalized spacial score (nSPS) is 16.0. The summed E-state index contributed by atoms with van der Waals surface area (Å²) in [5, 5.41) is 35.3. The first-order valence-electron chi connectivity index (χ1n) is 14.3. The van der Waals surface area contributed by atoms with Crippen LogP contribution in [0.3, 0.4) is 0 Å². The third-order valence-corrected chi connectivity index (χ3v) is 7.43. The van der Waals surface area contributed by atoms with Crippen LogP contribution in [-0.2, 0) is 11.0 Å². The molecule has 0 spiro atoms. The van der Waals surface area contributed by atoms with Crippen LogP contribution in [-0.4, -0.2) is 56.3 Å². The lowest BCUT2D eigenvalue weighted by Crippen LogP contribution is -2.41. The van der Waals surface area contributed by atoms with Crippen molar-refractivity contribution in [1.29, 1.82) is 0 Å². The molecule has 0 fully saturated rings. The maximum atomic E-state index is 12.8. The summed E-state index contributed by atoms with van der Waals surface area (Å²) in [5.41, 5.74) is -3.66. The van der Waals surface area contributed by atoms with Gasteiger partial charge in [0.15, 0.2) is 11.5 Å². The molecule has 2 heterocycles. The third kappa shape index (κ3) is 7.38. The molecule has 2 aromatic carbocycles. The van der Waals surface area contributed by atoms with Crippen LogP contribution in [0.15, 0.2) is 47.5 Å². The highest BCUT2D eigenvalue weighted by Gasteiger charge is 2.43. The number of aliphatic imine (C=N–C) groups is 1. The number of anilines is 1. The molecule has 0 aliphatic carbocycles. The highest BCUT2D eigenvalue weighted by molar-refractivity contribution is 6.18. The van der Waals surface area contributed by atoms with Gasteiger partial charge in [0.2, 0.25) is 0 Å². The van der Waals surface area contributed by atoms with E-state index < -0.39 is 44.5 Å². The average Bonchev–Trinajstić information content (AvgIpc) is 3.30. The number of carbonyl (C=O) groups excluding carboxylic acids is 1. The Kier molecular flexibility index (Phi) is 10.7. The van der Waals surface area contributed by atoms with Gasteiger partial charge in [0.05, 0.1) is 26.5 Å². The van der Waals surface area contributed by atoms with E-state index in [9.17, 15) is 48.1 Å². The van der Waals surface area contributed by atoms with E-state index in [-0.39, 0.29) is 47.7 Å². The first-order valence-corrected chi connectivity index (χ1v) is 14.3. The molecule has 1 aliphatic heterocycles. The number of nitrogens with one attached hydrogen (secondary N) is 1. The van der Waals surface area contributed by atoms with Crippen molar-refractivity contribution in [1.82, 2.24) is 10.3 Å². The van der Waals surface area contributed by atoms with Crippen molar-refractivity contribution in [2.24, 2.45) is 10.9 Å². The monoisotopic (exact) mass is 646 g/mol. The molecular formula is C30H33F3N6O7. The van der Waals surface area contributed by atoms with Crippen LogP contribution in [0.5, 0.6) is 0 Å². The van der Waals surface area contributed by atoms with E-state index >= 15 is 0 Å². The van der Waals surface area contributed by atoms with Crippen molar-refractivity contribution in [2.45, 2.75) is 59.2 Å². The van der Waals surface area contributed by atoms with Gasteiger partial charge in [0, 0.05) is 30.6 Å². The maximum absolute atomic E-state index is 12.8. The van der Waals surface area contributed by atoms with E-state index in [0.29, 0.717) is 30.5 Å². The molecule has 0 saturated carbocycles. The number of pyridine rings is 1. The topological polar surface area (TPSA) is 181 Å². The number of alkyl halides is 3. The molecule has 0 radical (unpaired) electrons. The second-order valence-electron chi connectivity index (χ2n) is 11.0. The largest absolute Gasteiger partial charge is 0.478 e. The lowest BCUT2D eigenvalue weighted by molar-refractivity contribution is -0.393. The number of fused-ring (bicyclic) bond motifs is 1. The predicted molar refractivity (Wildman–Crippen MR) is 164 cm³/mol. The summed E-state index contributed by atoms with van der Waals surface area (Å²) in [6.45, 7) is 9.61. The number of para-hydroxylation sites is 1. The molecule has 46 heavy (non-hydrogen) atoms. The molecule has 1 amide bonds. The number of hydrogen-bond acceptors (Lipinski definition) is 9. The summed E-state index contributed by atoms with van der Waals surface area (Å²) < 4.78 is 38.5. The minimum atomic E-state index is -4.91. The quantitative estimate of drug-likeness (QED) is 0.187. The Morgan fingerprint density at radius 3 is 2.02 bits per heavy atom. The number of benzene rings is 2. The number of carbonyl (C=O) groups is 2. The fraction of sp³-hybridized carbons (Fsp3) is 0.400. The van der Waals surface area contributed by atoms with Gasteiger partial charge in [-0.1, -0.05) is 45.9 Å². The van der Waals surface area contributed by atoms with Gasteiger partial charge >= 0.3 is 12.1 Å². The third-order valence-electron chi connectivity index (χ3n) is 7.43. The molecule has 1 aromatic heterocycles. The van der Waals surface area contributed by atoms with Crippen LogP contribution < -0.4 is 10.2 Å². The summed E-state index contributed by atoms with van der Waals surface area (Å²) in [4.78, 5) is 54.4. The van der Waals surface area contributed by atoms with Crippen LogP contribution in [0, 0.1) is 26.1 Å². The van der Waals surface area contributed by atoms with Gasteiger partial charge in [0.1, 0.15) is 11.2 Å². The Labute approximate surface area is 261 Å². The van der Waals surface area contributed by atoms with Crippen molar-refractivity contribution >= 4 is 45.7 Å². The first-order chi connectivity index (χ1) is 21.5. The predicted octanol–water partition coefficient (Wildman–Crippen LogP) is 6.37. The van der Waals surface area contributed by atoms with E-state index in [4.69, 9.17) is 0 Å². The number of amides is 1. The minimum Gasteiger partial charge on any atom is -0.478 e. The zero-order valence-electron chi connectivity index (χ0n) is 25.7. The lowest BCUT2D eigenvalue weighted by Gasteiger charge is -2.23. The fourth-order valence-corrected chi connectivity index (χ4v) is 4.75. The fourth-order valence-electron chi connectivity index (χ4n) is 4.75. The number of aromatic carboxylic acids is 1. The maximum Gasteiger partial charge on any atom is 0.416 e. The number of halogens is 3. The second kappa shape index (κ2) is 13.9. The molecule has 3 aromatic rings. The average molecular weight is 647 g/mol. The van der Waals surface area contributed by atoms with Gasteiger partial charge in [-0.2, -0.15) is 13.2 Å².